The number of aromatic nitrogens is 3. The monoisotopic (exact) mass is 314 g/mol. The standard InChI is InChI=1S/C15H14N4O2S/c1-19-11-6-5-8(13(20)21)7-10(11)16-14(19)18-15-17-9-3-2-4-12(9)22-15/h5-7H,2-4H2,1H3,(H,20,21)(H,16,17,18). The summed E-state index contributed by atoms with van der Waals surface area (Å²) in [7, 11) is 1.90. The molecule has 22 heavy (non-hydrogen) atoms. The lowest BCUT2D eigenvalue weighted by Crippen LogP contribution is -1.99. The van der Waals surface area contributed by atoms with Gasteiger partial charge in [-0.1, -0.05) is 0 Å². The van der Waals surface area contributed by atoms with Crippen molar-refractivity contribution in [2.75, 3.05) is 5.32 Å². The average molecular weight is 314 g/mol. The zero-order chi connectivity index (χ0) is 15.3. The Balaban J connectivity index is 1.71. The molecule has 0 fully saturated rings. The molecule has 2 N–H and O–H groups in total. The van der Waals surface area contributed by atoms with Gasteiger partial charge in [0.15, 0.2) is 5.13 Å². The van der Waals surface area contributed by atoms with Crippen LogP contribution in [-0.2, 0) is 19.9 Å². The van der Waals surface area contributed by atoms with Gasteiger partial charge in [-0.25, -0.2) is 14.8 Å². The van der Waals surface area contributed by atoms with Crippen molar-refractivity contribution in [3.63, 3.8) is 0 Å². The van der Waals surface area contributed by atoms with E-state index in [0.29, 0.717) is 11.5 Å². The molecule has 1 aromatic carbocycles. The molecule has 2 aromatic heterocycles. The molecule has 0 bridgehead atoms. The minimum atomic E-state index is -0.946. The number of hydrogen-bond acceptors (Lipinski definition) is 5. The number of aryl methyl sites for hydroxylation is 3. The summed E-state index contributed by atoms with van der Waals surface area (Å²) >= 11 is 1.67. The minimum Gasteiger partial charge on any atom is -0.478 e. The third kappa shape index (κ3) is 2.05. The molecule has 0 saturated heterocycles. The predicted molar refractivity (Wildman–Crippen MR) is 85.1 cm³/mol. The van der Waals surface area contributed by atoms with Crippen molar-refractivity contribution in [3.05, 3.63) is 34.3 Å². The summed E-state index contributed by atoms with van der Waals surface area (Å²) in [6.45, 7) is 0. The van der Waals surface area contributed by atoms with Gasteiger partial charge in [-0.05, 0) is 37.5 Å². The van der Waals surface area contributed by atoms with E-state index in [1.54, 1.807) is 29.5 Å². The molecule has 0 aliphatic heterocycles. The normalized spacial score (nSPS) is 13.5. The topological polar surface area (TPSA) is 80.0 Å². The van der Waals surface area contributed by atoms with Crippen LogP contribution in [0.15, 0.2) is 18.2 Å². The van der Waals surface area contributed by atoms with Crippen LogP contribution >= 0.6 is 11.3 Å². The quantitative estimate of drug-likeness (QED) is 0.777. The van der Waals surface area contributed by atoms with Crippen LogP contribution < -0.4 is 5.32 Å². The number of fused-ring (bicyclic) bond motifs is 2. The van der Waals surface area contributed by atoms with Gasteiger partial charge in [-0.15, -0.1) is 11.3 Å². The molecule has 4 rings (SSSR count). The van der Waals surface area contributed by atoms with Crippen molar-refractivity contribution < 1.29 is 9.90 Å². The number of anilines is 2. The molecule has 0 radical (unpaired) electrons. The fraction of sp³-hybridized carbons (Fsp3) is 0.267. The van der Waals surface area contributed by atoms with Crippen LogP contribution in [0.3, 0.4) is 0 Å². The van der Waals surface area contributed by atoms with Crippen molar-refractivity contribution >= 4 is 39.4 Å². The molecular weight excluding hydrogens is 300 g/mol. The summed E-state index contributed by atoms with van der Waals surface area (Å²) in [6.07, 6.45) is 3.36. The van der Waals surface area contributed by atoms with E-state index in [-0.39, 0.29) is 5.56 Å². The number of carbonyl (C=O) groups is 1. The zero-order valence-electron chi connectivity index (χ0n) is 12.0. The largest absolute Gasteiger partial charge is 0.478 e. The second kappa shape index (κ2) is 4.81. The molecular formula is C15H14N4O2S. The predicted octanol–water partition coefficient (Wildman–Crippen LogP) is 2.96. The van der Waals surface area contributed by atoms with Gasteiger partial charge < -0.3 is 15.0 Å². The first-order valence-corrected chi connectivity index (χ1v) is 7.89. The third-order valence-corrected chi connectivity index (χ3v) is 5.02. The highest BCUT2D eigenvalue weighted by Gasteiger charge is 2.18. The molecule has 0 saturated carbocycles. The molecule has 6 nitrogen and oxygen atoms in total. The van der Waals surface area contributed by atoms with Crippen LogP contribution in [0.1, 0.15) is 27.3 Å². The highest BCUT2D eigenvalue weighted by Crippen LogP contribution is 2.32. The summed E-state index contributed by atoms with van der Waals surface area (Å²) in [6, 6.07) is 4.96. The number of carboxylic acids is 1. The Labute approximate surface area is 130 Å². The van der Waals surface area contributed by atoms with Gasteiger partial charge in [0.2, 0.25) is 5.95 Å². The number of nitrogens with zero attached hydrogens (tertiary/aromatic N) is 3. The maximum Gasteiger partial charge on any atom is 0.335 e. The number of aromatic carboxylic acids is 1. The Morgan fingerprint density at radius 2 is 2.23 bits per heavy atom. The lowest BCUT2D eigenvalue weighted by atomic mass is 10.2. The highest BCUT2D eigenvalue weighted by molar-refractivity contribution is 7.15. The molecule has 0 amide bonds. The Morgan fingerprint density at radius 3 is 3.00 bits per heavy atom. The van der Waals surface area contributed by atoms with E-state index in [1.165, 1.54) is 17.0 Å². The first-order valence-electron chi connectivity index (χ1n) is 7.07. The second-order valence-corrected chi connectivity index (χ2v) is 6.45. The van der Waals surface area contributed by atoms with Crippen LogP contribution in [0.4, 0.5) is 11.1 Å². The van der Waals surface area contributed by atoms with Crippen LogP contribution in [0.25, 0.3) is 11.0 Å². The number of hydrogen-bond donors (Lipinski definition) is 2. The van der Waals surface area contributed by atoms with Gasteiger partial charge in [0.05, 0.1) is 22.3 Å². The first kappa shape index (κ1) is 13.3. The third-order valence-electron chi connectivity index (χ3n) is 3.94. The molecule has 0 atom stereocenters. The first-order chi connectivity index (χ1) is 10.6. The fourth-order valence-corrected chi connectivity index (χ4v) is 3.83. The molecule has 0 spiro atoms. The Kier molecular flexibility index (Phi) is 2.90. The van der Waals surface area contributed by atoms with E-state index in [1.807, 2.05) is 11.6 Å². The maximum absolute atomic E-state index is 11.0. The molecule has 1 aliphatic rings. The molecule has 1 aliphatic carbocycles. The van der Waals surface area contributed by atoms with Gasteiger partial charge >= 0.3 is 5.97 Å². The molecule has 3 aromatic rings. The van der Waals surface area contributed by atoms with Gasteiger partial charge in [0, 0.05) is 11.9 Å². The number of imidazole rings is 1. The van der Waals surface area contributed by atoms with Crippen molar-refractivity contribution in [2.45, 2.75) is 19.3 Å². The van der Waals surface area contributed by atoms with Crippen molar-refractivity contribution in [2.24, 2.45) is 7.05 Å². The molecule has 112 valence electrons. The van der Waals surface area contributed by atoms with Gasteiger partial charge in [-0.2, -0.15) is 0 Å². The number of thiazole rings is 1. The number of carboxylic acid groups (broad SMARTS) is 1. The lowest BCUT2D eigenvalue weighted by Gasteiger charge is -2.02. The van der Waals surface area contributed by atoms with Gasteiger partial charge in [-0.3, -0.25) is 0 Å². The Hall–Kier alpha value is -2.41. The summed E-state index contributed by atoms with van der Waals surface area (Å²) in [5.74, 6) is -0.275. The van der Waals surface area contributed by atoms with Crippen molar-refractivity contribution in [3.8, 4) is 0 Å². The second-order valence-electron chi connectivity index (χ2n) is 5.37. The van der Waals surface area contributed by atoms with Crippen LogP contribution in [0.2, 0.25) is 0 Å². The van der Waals surface area contributed by atoms with E-state index in [4.69, 9.17) is 5.11 Å². The van der Waals surface area contributed by atoms with Crippen molar-refractivity contribution in [1.82, 2.24) is 14.5 Å². The zero-order valence-corrected chi connectivity index (χ0v) is 12.8. The van der Waals surface area contributed by atoms with Gasteiger partial charge in [0.25, 0.3) is 0 Å². The van der Waals surface area contributed by atoms with Crippen molar-refractivity contribution in [1.29, 1.82) is 0 Å². The average Bonchev–Trinajstić information content (AvgIpc) is 3.13. The Morgan fingerprint density at radius 1 is 1.36 bits per heavy atom. The SMILES string of the molecule is Cn1c(Nc2nc3c(s2)CCC3)nc2cc(C(=O)O)ccc21. The smallest absolute Gasteiger partial charge is 0.335 e. The summed E-state index contributed by atoms with van der Waals surface area (Å²) in [4.78, 5) is 21.5. The minimum absolute atomic E-state index is 0.241. The Bertz CT molecular complexity index is 875. The lowest BCUT2D eigenvalue weighted by molar-refractivity contribution is 0.0697. The highest BCUT2D eigenvalue weighted by atomic mass is 32.1. The summed E-state index contributed by atoms with van der Waals surface area (Å²) in [5, 5.41) is 13.2. The van der Waals surface area contributed by atoms with E-state index < -0.39 is 5.97 Å². The number of benzene rings is 1. The fourth-order valence-electron chi connectivity index (χ4n) is 2.78. The van der Waals surface area contributed by atoms with Crippen LogP contribution in [-0.4, -0.2) is 25.6 Å². The molecule has 2 heterocycles. The number of rotatable bonds is 3. The van der Waals surface area contributed by atoms with Crippen LogP contribution in [0, 0.1) is 0 Å². The summed E-state index contributed by atoms with van der Waals surface area (Å²) in [5.41, 5.74) is 2.98. The van der Waals surface area contributed by atoms with E-state index in [9.17, 15) is 4.79 Å². The molecule has 7 heteroatoms. The van der Waals surface area contributed by atoms with E-state index in [0.717, 1.165) is 23.5 Å². The van der Waals surface area contributed by atoms with Gasteiger partial charge in [0.1, 0.15) is 0 Å². The van der Waals surface area contributed by atoms with E-state index in [2.05, 4.69) is 15.3 Å². The summed E-state index contributed by atoms with van der Waals surface area (Å²) < 4.78 is 1.91. The number of nitrogens with one attached hydrogen (secondary N) is 1. The maximum atomic E-state index is 11.0. The molecule has 0 unspecified atom stereocenters. The van der Waals surface area contributed by atoms with E-state index >= 15 is 0 Å². The van der Waals surface area contributed by atoms with Crippen LogP contribution in [0.5, 0.6) is 0 Å².